The quantitative estimate of drug-likeness (QED) is 0.436. The van der Waals surface area contributed by atoms with Crippen LogP contribution in [0.4, 0.5) is 0 Å². The SMILES string of the molecule is CCC1(CC)C(N=C(N)NC(C)C)C(C)C1OC.I. The molecule has 1 saturated carbocycles. The van der Waals surface area contributed by atoms with Crippen LogP contribution in [0, 0.1) is 11.3 Å². The van der Waals surface area contributed by atoms with Crippen molar-refractivity contribution >= 4 is 29.9 Å². The molecule has 1 aliphatic carbocycles. The van der Waals surface area contributed by atoms with E-state index in [0.29, 0.717) is 24.0 Å². The zero-order valence-corrected chi connectivity index (χ0v) is 15.4. The second-order valence-electron chi connectivity index (χ2n) is 5.71. The minimum atomic E-state index is 0. The molecule has 1 rings (SSSR count). The summed E-state index contributed by atoms with van der Waals surface area (Å²) in [5, 5.41) is 3.17. The van der Waals surface area contributed by atoms with Crippen molar-refractivity contribution < 1.29 is 4.74 Å². The van der Waals surface area contributed by atoms with Gasteiger partial charge in [0.2, 0.25) is 0 Å². The van der Waals surface area contributed by atoms with Crippen LogP contribution in [0.1, 0.15) is 47.5 Å². The van der Waals surface area contributed by atoms with Gasteiger partial charge in [-0.25, -0.2) is 4.99 Å². The molecule has 0 saturated heterocycles. The lowest BCUT2D eigenvalue weighted by Gasteiger charge is -2.57. The molecule has 1 aliphatic rings. The molecule has 1 fully saturated rings. The number of nitrogens with zero attached hydrogens (tertiary/aromatic N) is 1. The molecule has 0 amide bonds. The standard InChI is InChI=1S/C14H29N3O.HI/c1-7-14(8-2)11(10(5)12(14)18-6)17-13(15)16-9(3)4;/h9-12H,7-8H2,1-6H3,(H3,15,16,17);1H. The molecule has 0 bridgehead atoms. The van der Waals surface area contributed by atoms with Crippen LogP contribution in [0.2, 0.25) is 0 Å². The number of hydrogen-bond donors (Lipinski definition) is 2. The number of guanidine groups is 1. The van der Waals surface area contributed by atoms with E-state index in [2.05, 4.69) is 39.9 Å². The number of halogens is 1. The Hall–Kier alpha value is -0.0400. The second kappa shape index (κ2) is 7.67. The molecule has 0 spiro atoms. The number of methoxy groups -OCH3 is 1. The fraction of sp³-hybridized carbons (Fsp3) is 0.929. The lowest BCUT2D eigenvalue weighted by molar-refractivity contribution is -0.156. The van der Waals surface area contributed by atoms with Crippen molar-refractivity contribution in [3.05, 3.63) is 0 Å². The van der Waals surface area contributed by atoms with Crippen molar-refractivity contribution in [1.82, 2.24) is 5.32 Å². The van der Waals surface area contributed by atoms with Crippen molar-refractivity contribution in [2.75, 3.05) is 7.11 Å². The summed E-state index contributed by atoms with van der Waals surface area (Å²) in [6, 6.07) is 0.587. The first-order valence-electron chi connectivity index (χ1n) is 7.05. The second-order valence-corrected chi connectivity index (χ2v) is 5.71. The van der Waals surface area contributed by atoms with Gasteiger partial charge in [-0.2, -0.15) is 0 Å². The Morgan fingerprint density at radius 3 is 2.26 bits per heavy atom. The van der Waals surface area contributed by atoms with Gasteiger partial charge in [0, 0.05) is 24.5 Å². The molecule has 3 unspecified atom stereocenters. The van der Waals surface area contributed by atoms with Crippen molar-refractivity contribution in [2.24, 2.45) is 22.1 Å². The van der Waals surface area contributed by atoms with E-state index in [1.807, 2.05) is 0 Å². The summed E-state index contributed by atoms with van der Waals surface area (Å²) in [5.41, 5.74) is 6.11. The average molecular weight is 383 g/mol. The monoisotopic (exact) mass is 383 g/mol. The van der Waals surface area contributed by atoms with Crippen LogP contribution in [-0.2, 0) is 4.74 Å². The predicted octanol–water partition coefficient (Wildman–Crippen LogP) is 2.76. The normalized spacial score (nSPS) is 29.6. The van der Waals surface area contributed by atoms with Gasteiger partial charge >= 0.3 is 0 Å². The largest absolute Gasteiger partial charge is 0.380 e. The zero-order valence-electron chi connectivity index (χ0n) is 13.1. The summed E-state index contributed by atoms with van der Waals surface area (Å²) in [6.45, 7) is 10.8. The Kier molecular flexibility index (Phi) is 7.65. The summed E-state index contributed by atoms with van der Waals surface area (Å²) in [6.07, 6.45) is 2.46. The summed E-state index contributed by atoms with van der Waals surface area (Å²) in [7, 11) is 1.80. The molecule has 3 atom stereocenters. The van der Waals surface area contributed by atoms with Gasteiger partial charge in [-0.3, -0.25) is 0 Å². The number of rotatable bonds is 5. The van der Waals surface area contributed by atoms with Crippen molar-refractivity contribution in [3.63, 3.8) is 0 Å². The molecule has 114 valence electrons. The molecule has 0 aromatic heterocycles. The summed E-state index contributed by atoms with van der Waals surface area (Å²) < 4.78 is 5.66. The molecule has 0 heterocycles. The van der Waals surface area contributed by atoms with E-state index in [-0.39, 0.29) is 35.4 Å². The molecule has 0 radical (unpaired) electrons. The van der Waals surface area contributed by atoms with E-state index in [1.165, 1.54) is 0 Å². The Morgan fingerprint density at radius 2 is 1.89 bits per heavy atom. The highest BCUT2D eigenvalue weighted by Gasteiger charge is 2.58. The number of hydrogen-bond acceptors (Lipinski definition) is 2. The van der Waals surface area contributed by atoms with Crippen molar-refractivity contribution in [2.45, 2.75) is 65.6 Å². The van der Waals surface area contributed by atoms with Crippen molar-refractivity contribution in [1.29, 1.82) is 0 Å². The Bertz CT molecular complexity index is 303. The van der Waals surface area contributed by atoms with Gasteiger partial charge in [-0.1, -0.05) is 20.8 Å². The van der Waals surface area contributed by atoms with E-state index in [4.69, 9.17) is 15.5 Å². The van der Waals surface area contributed by atoms with E-state index in [1.54, 1.807) is 7.11 Å². The third kappa shape index (κ3) is 3.54. The number of aliphatic imine (C=N–C) groups is 1. The number of nitrogens with two attached hydrogens (primary N) is 1. The van der Waals surface area contributed by atoms with Gasteiger partial charge in [0.1, 0.15) is 0 Å². The molecular formula is C14H30IN3O. The molecule has 5 heteroatoms. The van der Waals surface area contributed by atoms with Crippen LogP contribution < -0.4 is 11.1 Å². The summed E-state index contributed by atoms with van der Waals surface area (Å²) in [4.78, 5) is 4.70. The molecule has 0 aromatic rings. The molecule has 3 N–H and O–H groups in total. The number of nitrogens with one attached hydrogen (secondary N) is 1. The van der Waals surface area contributed by atoms with E-state index < -0.39 is 0 Å². The first-order chi connectivity index (χ1) is 8.42. The topological polar surface area (TPSA) is 59.6 Å². The van der Waals surface area contributed by atoms with E-state index >= 15 is 0 Å². The fourth-order valence-corrected chi connectivity index (χ4v) is 3.51. The zero-order chi connectivity index (χ0) is 13.9. The summed E-state index contributed by atoms with van der Waals surface area (Å²) >= 11 is 0. The first-order valence-corrected chi connectivity index (χ1v) is 7.05. The van der Waals surface area contributed by atoms with Crippen molar-refractivity contribution in [3.8, 4) is 0 Å². The van der Waals surface area contributed by atoms with Gasteiger partial charge in [-0.15, -0.1) is 24.0 Å². The first kappa shape index (κ1) is 19.0. The predicted molar refractivity (Wildman–Crippen MR) is 92.1 cm³/mol. The van der Waals surface area contributed by atoms with Gasteiger partial charge in [0.05, 0.1) is 12.1 Å². The Morgan fingerprint density at radius 1 is 1.37 bits per heavy atom. The lowest BCUT2D eigenvalue weighted by Crippen LogP contribution is -2.63. The van der Waals surface area contributed by atoms with Gasteiger partial charge in [0.15, 0.2) is 5.96 Å². The van der Waals surface area contributed by atoms with Gasteiger partial charge < -0.3 is 15.8 Å². The van der Waals surface area contributed by atoms with Gasteiger partial charge in [0.25, 0.3) is 0 Å². The average Bonchev–Trinajstić information content (AvgIpc) is 2.31. The minimum absolute atomic E-state index is 0. The Balaban J connectivity index is 0.00000324. The third-order valence-corrected chi connectivity index (χ3v) is 4.42. The van der Waals surface area contributed by atoms with Crippen LogP contribution in [0.25, 0.3) is 0 Å². The maximum absolute atomic E-state index is 5.96. The van der Waals surface area contributed by atoms with Crippen LogP contribution in [-0.4, -0.2) is 31.3 Å². The van der Waals surface area contributed by atoms with Crippen LogP contribution in [0.3, 0.4) is 0 Å². The highest BCUT2D eigenvalue weighted by Crippen LogP contribution is 2.53. The van der Waals surface area contributed by atoms with Crippen LogP contribution in [0.5, 0.6) is 0 Å². The molecule has 19 heavy (non-hydrogen) atoms. The van der Waals surface area contributed by atoms with Gasteiger partial charge in [-0.05, 0) is 26.7 Å². The maximum atomic E-state index is 5.96. The highest BCUT2D eigenvalue weighted by molar-refractivity contribution is 14.0. The van der Waals surface area contributed by atoms with E-state index in [9.17, 15) is 0 Å². The van der Waals surface area contributed by atoms with Crippen LogP contribution >= 0.6 is 24.0 Å². The molecule has 4 nitrogen and oxygen atoms in total. The lowest BCUT2D eigenvalue weighted by atomic mass is 9.53. The van der Waals surface area contributed by atoms with E-state index in [0.717, 1.165) is 12.8 Å². The Labute approximate surface area is 135 Å². The highest BCUT2D eigenvalue weighted by atomic mass is 127. The molecular weight excluding hydrogens is 353 g/mol. The number of ether oxygens (including phenoxy) is 1. The molecule has 0 aliphatic heterocycles. The maximum Gasteiger partial charge on any atom is 0.189 e. The summed E-state index contributed by atoms with van der Waals surface area (Å²) in [5.74, 6) is 0.991. The smallest absolute Gasteiger partial charge is 0.189 e. The molecule has 0 aromatic carbocycles. The third-order valence-electron chi connectivity index (χ3n) is 4.42. The minimum Gasteiger partial charge on any atom is -0.380 e. The van der Waals surface area contributed by atoms with Crippen LogP contribution in [0.15, 0.2) is 4.99 Å². The fourth-order valence-electron chi connectivity index (χ4n) is 3.51.